The van der Waals surface area contributed by atoms with E-state index in [1.54, 1.807) is 6.08 Å². The fraction of sp³-hybridized carbons (Fsp3) is 0.800. The summed E-state index contributed by atoms with van der Waals surface area (Å²) in [4.78, 5) is 11.0. The Labute approximate surface area is 106 Å². The summed E-state index contributed by atoms with van der Waals surface area (Å²) in [6, 6.07) is 0. The molecule has 2 nitrogen and oxygen atoms in total. The van der Waals surface area contributed by atoms with Gasteiger partial charge in [0.25, 0.3) is 0 Å². The Hall–Kier alpha value is -0.790. The number of rotatable bonds is 11. The molecule has 0 saturated heterocycles. The van der Waals surface area contributed by atoms with Crippen molar-refractivity contribution in [2.75, 3.05) is 6.61 Å². The lowest BCUT2D eigenvalue weighted by molar-refractivity contribution is -0.137. The summed E-state index contributed by atoms with van der Waals surface area (Å²) < 4.78 is 4.80. The van der Waals surface area contributed by atoms with Gasteiger partial charge in [-0.05, 0) is 19.8 Å². The molecule has 0 bridgehead atoms. The summed E-state index contributed by atoms with van der Waals surface area (Å²) in [5, 5.41) is 0. The summed E-state index contributed by atoms with van der Waals surface area (Å²) in [6.45, 7) is 4.53. The lowest BCUT2D eigenvalue weighted by atomic mass is 10.1. The Morgan fingerprint density at radius 2 is 1.53 bits per heavy atom. The second-order valence-corrected chi connectivity index (χ2v) is 4.42. The molecule has 0 rings (SSSR count). The maximum absolute atomic E-state index is 11.0. The van der Waals surface area contributed by atoms with Crippen LogP contribution in [0.1, 0.15) is 71.6 Å². The van der Waals surface area contributed by atoms with Crippen molar-refractivity contribution in [2.45, 2.75) is 71.6 Å². The molecule has 0 radical (unpaired) electrons. The molecule has 0 aliphatic carbocycles. The largest absolute Gasteiger partial charge is 0.463 e. The van der Waals surface area contributed by atoms with Gasteiger partial charge in [0, 0.05) is 6.08 Å². The first kappa shape index (κ1) is 16.2. The van der Waals surface area contributed by atoms with Crippen LogP contribution in [0.25, 0.3) is 0 Å². The molecule has 0 saturated carbocycles. The molecule has 0 N–H and O–H groups in total. The number of carbonyl (C=O) groups is 1. The number of allylic oxidation sites excluding steroid dienone is 1. The third-order valence-electron chi connectivity index (χ3n) is 2.76. The molecule has 0 atom stereocenters. The summed E-state index contributed by atoms with van der Waals surface area (Å²) in [7, 11) is 0. The second kappa shape index (κ2) is 13.3. The number of ether oxygens (including phenoxy) is 1. The van der Waals surface area contributed by atoms with Gasteiger partial charge in [0.05, 0.1) is 6.61 Å². The van der Waals surface area contributed by atoms with Crippen LogP contribution in [-0.4, -0.2) is 12.6 Å². The molecule has 100 valence electrons. The molecule has 0 aliphatic heterocycles. The van der Waals surface area contributed by atoms with Gasteiger partial charge in [-0.3, -0.25) is 0 Å². The van der Waals surface area contributed by atoms with E-state index in [1.165, 1.54) is 51.4 Å². The van der Waals surface area contributed by atoms with E-state index >= 15 is 0 Å². The maximum Gasteiger partial charge on any atom is 0.330 e. The van der Waals surface area contributed by atoms with Crippen molar-refractivity contribution in [3.05, 3.63) is 12.2 Å². The van der Waals surface area contributed by atoms with Crippen LogP contribution in [0.15, 0.2) is 12.2 Å². The highest BCUT2D eigenvalue weighted by Gasteiger charge is 1.93. The number of hydrogen-bond donors (Lipinski definition) is 0. The van der Waals surface area contributed by atoms with E-state index in [2.05, 4.69) is 6.92 Å². The molecule has 0 aromatic rings. The van der Waals surface area contributed by atoms with Gasteiger partial charge >= 0.3 is 5.97 Å². The van der Waals surface area contributed by atoms with Crippen molar-refractivity contribution in [3.63, 3.8) is 0 Å². The van der Waals surface area contributed by atoms with Gasteiger partial charge in [-0.1, -0.05) is 57.9 Å². The quantitative estimate of drug-likeness (QED) is 0.299. The van der Waals surface area contributed by atoms with Gasteiger partial charge < -0.3 is 4.74 Å². The SMILES string of the molecule is CCCCCCCCCCC=CC(=O)OCC. The smallest absolute Gasteiger partial charge is 0.330 e. The first-order chi connectivity index (χ1) is 8.31. The van der Waals surface area contributed by atoms with E-state index in [0.29, 0.717) is 6.61 Å². The minimum Gasteiger partial charge on any atom is -0.463 e. The summed E-state index contributed by atoms with van der Waals surface area (Å²) >= 11 is 0. The lowest BCUT2D eigenvalue weighted by Crippen LogP contribution is -1.98. The minimum absolute atomic E-state index is 0.216. The van der Waals surface area contributed by atoms with Crippen molar-refractivity contribution >= 4 is 5.97 Å². The molecule has 0 unspecified atom stereocenters. The van der Waals surface area contributed by atoms with Crippen LogP contribution >= 0.6 is 0 Å². The average Bonchev–Trinajstić information content (AvgIpc) is 2.32. The second-order valence-electron chi connectivity index (χ2n) is 4.42. The normalized spacial score (nSPS) is 10.9. The van der Waals surface area contributed by atoms with Crippen LogP contribution in [0.3, 0.4) is 0 Å². The highest BCUT2D eigenvalue weighted by atomic mass is 16.5. The fourth-order valence-electron chi connectivity index (χ4n) is 1.77. The number of carbonyl (C=O) groups excluding carboxylic acids is 1. The Morgan fingerprint density at radius 1 is 0.941 bits per heavy atom. The first-order valence-electron chi connectivity index (χ1n) is 7.14. The third-order valence-corrected chi connectivity index (χ3v) is 2.76. The molecule has 0 amide bonds. The van der Waals surface area contributed by atoms with Crippen LogP contribution < -0.4 is 0 Å². The van der Waals surface area contributed by atoms with Crippen LogP contribution in [0.4, 0.5) is 0 Å². The van der Waals surface area contributed by atoms with E-state index in [0.717, 1.165) is 6.42 Å². The van der Waals surface area contributed by atoms with Crippen LogP contribution in [0.5, 0.6) is 0 Å². The van der Waals surface area contributed by atoms with E-state index in [-0.39, 0.29) is 5.97 Å². The average molecular weight is 240 g/mol. The third kappa shape index (κ3) is 13.1. The van der Waals surface area contributed by atoms with E-state index in [4.69, 9.17) is 4.74 Å². The number of hydrogen-bond acceptors (Lipinski definition) is 2. The highest BCUT2D eigenvalue weighted by molar-refractivity contribution is 5.81. The molecule has 0 fully saturated rings. The van der Waals surface area contributed by atoms with Crippen molar-refractivity contribution in [1.82, 2.24) is 0 Å². The zero-order valence-corrected chi connectivity index (χ0v) is 11.5. The van der Waals surface area contributed by atoms with Gasteiger partial charge in [0.15, 0.2) is 0 Å². The first-order valence-corrected chi connectivity index (χ1v) is 7.14. The summed E-state index contributed by atoms with van der Waals surface area (Å²) in [5.41, 5.74) is 0. The van der Waals surface area contributed by atoms with E-state index in [1.807, 2.05) is 13.0 Å². The van der Waals surface area contributed by atoms with Crippen molar-refractivity contribution in [1.29, 1.82) is 0 Å². The minimum atomic E-state index is -0.216. The van der Waals surface area contributed by atoms with Gasteiger partial charge in [0.2, 0.25) is 0 Å². The van der Waals surface area contributed by atoms with E-state index < -0.39 is 0 Å². The van der Waals surface area contributed by atoms with Gasteiger partial charge in [-0.25, -0.2) is 4.79 Å². The van der Waals surface area contributed by atoms with Crippen LogP contribution in [0, 0.1) is 0 Å². The van der Waals surface area contributed by atoms with Crippen molar-refractivity contribution < 1.29 is 9.53 Å². The lowest BCUT2D eigenvalue weighted by Gasteiger charge is -1.99. The van der Waals surface area contributed by atoms with Gasteiger partial charge in [-0.15, -0.1) is 0 Å². The van der Waals surface area contributed by atoms with Gasteiger partial charge in [-0.2, -0.15) is 0 Å². The topological polar surface area (TPSA) is 26.3 Å². The summed E-state index contributed by atoms with van der Waals surface area (Å²) in [5.74, 6) is -0.216. The standard InChI is InChI=1S/C15H28O2/c1-3-5-6-7-8-9-10-11-12-13-14-15(16)17-4-2/h13-14H,3-12H2,1-2H3. The predicted molar refractivity (Wildman–Crippen MR) is 73.0 cm³/mol. The van der Waals surface area contributed by atoms with E-state index in [9.17, 15) is 4.79 Å². The maximum atomic E-state index is 11.0. The van der Waals surface area contributed by atoms with Crippen molar-refractivity contribution in [3.8, 4) is 0 Å². The number of esters is 1. The fourth-order valence-corrected chi connectivity index (χ4v) is 1.77. The molecule has 2 heteroatoms. The Balaban J connectivity index is 3.15. The van der Waals surface area contributed by atoms with Crippen molar-refractivity contribution in [2.24, 2.45) is 0 Å². The van der Waals surface area contributed by atoms with Crippen LogP contribution in [-0.2, 0) is 9.53 Å². The molecule has 17 heavy (non-hydrogen) atoms. The molecular weight excluding hydrogens is 212 g/mol. The summed E-state index contributed by atoms with van der Waals surface area (Å²) in [6.07, 6.45) is 15.1. The van der Waals surface area contributed by atoms with Crippen LogP contribution in [0.2, 0.25) is 0 Å². The molecule has 0 aromatic heterocycles. The number of unbranched alkanes of at least 4 members (excludes halogenated alkanes) is 8. The zero-order chi connectivity index (χ0) is 12.8. The molecule has 0 heterocycles. The molecule has 0 spiro atoms. The molecule has 0 aromatic carbocycles. The Bertz CT molecular complexity index is 197. The van der Waals surface area contributed by atoms with Gasteiger partial charge in [0.1, 0.15) is 0 Å². The monoisotopic (exact) mass is 240 g/mol. The Morgan fingerprint density at radius 3 is 2.12 bits per heavy atom. The molecular formula is C15H28O2. The highest BCUT2D eigenvalue weighted by Crippen LogP contribution is 2.09. The zero-order valence-electron chi connectivity index (χ0n) is 11.5. The predicted octanol–water partition coefficient (Wildman–Crippen LogP) is 4.64. The molecule has 0 aliphatic rings. The Kier molecular flexibility index (Phi) is 12.7.